The number of carboxylic acid groups (broad SMARTS) is 1. The second kappa shape index (κ2) is 13.6. The molecule has 0 bridgehead atoms. The van der Waals surface area contributed by atoms with Crippen LogP contribution in [0.5, 0.6) is 5.75 Å². The average molecular weight is 692 g/mol. The molecule has 2 N–H and O–H groups in total. The molecule has 1 aliphatic heterocycles. The van der Waals surface area contributed by atoms with Gasteiger partial charge >= 0.3 is 5.97 Å². The zero-order valence-electron chi connectivity index (χ0n) is 27.7. The van der Waals surface area contributed by atoms with Crippen molar-refractivity contribution < 1.29 is 19.4 Å². The first-order chi connectivity index (χ1) is 23.6. The van der Waals surface area contributed by atoms with Crippen molar-refractivity contribution in [3.05, 3.63) is 106 Å². The minimum atomic E-state index is -1.04. The number of thiazole rings is 2. The standard InChI is InChI=1S/C38H37N5O4S2/c1-38(2,3)20-26-18-25-19-27(14-13-24(25)21-39-26)47-17-7-12-32-33(35(45)46)41-37(49-32)43-16-15-23-8-6-9-28(29(23)22-43)34(44)42-36-40-30-10-4-5-11-31(30)48-36/h4-6,8-11,13-14,18-19,21H,7,12,15-17,20,22H2,1-3H3,(H,45,46)(H,40,42,44). The molecule has 0 atom stereocenters. The van der Waals surface area contributed by atoms with Crippen molar-refractivity contribution in [2.24, 2.45) is 5.41 Å². The first-order valence-electron chi connectivity index (χ1n) is 16.4. The van der Waals surface area contributed by atoms with Crippen LogP contribution in [-0.2, 0) is 25.8 Å². The molecule has 250 valence electrons. The van der Waals surface area contributed by atoms with Crippen molar-refractivity contribution in [3.8, 4) is 5.75 Å². The van der Waals surface area contributed by atoms with Gasteiger partial charge in [-0.15, -0.1) is 11.3 Å². The fourth-order valence-corrected chi connectivity index (χ4v) is 8.15. The van der Waals surface area contributed by atoms with Gasteiger partial charge in [-0.2, -0.15) is 0 Å². The van der Waals surface area contributed by atoms with Gasteiger partial charge in [0.05, 0.1) is 16.8 Å². The maximum Gasteiger partial charge on any atom is 0.355 e. The minimum Gasteiger partial charge on any atom is -0.494 e. The Labute approximate surface area is 292 Å². The molecule has 4 heterocycles. The van der Waals surface area contributed by atoms with Crippen molar-refractivity contribution in [2.75, 3.05) is 23.4 Å². The number of carboxylic acids is 1. The number of hydrogen-bond acceptors (Lipinski definition) is 9. The molecule has 0 spiro atoms. The van der Waals surface area contributed by atoms with E-state index in [2.05, 4.69) is 52.0 Å². The molecule has 3 aromatic carbocycles. The highest BCUT2D eigenvalue weighted by Crippen LogP contribution is 2.34. The van der Waals surface area contributed by atoms with Gasteiger partial charge in [-0.1, -0.05) is 56.4 Å². The van der Waals surface area contributed by atoms with Crippen LogP contribution in [0.3, 0.4) is 0 Å². The van der Waals surface area contributed by atoms with Crippen molar-refractivity contribution in [2.45, 2.75) is 53.0 Å². The monoisotopic (exact) mass is 691 g/mol. The first kappa shape index (κ1) is 32.7. The zero-order chi connectivity index (χ0) is 34.1. The van der Waals surface area contributed by atoms with Gasteiger partial charge in [0, 0.05) is 40.8 Å². The second-order valence-corrected chi connectivity index (χ2v) is 15.6. The maximum absolute atomic E-state index is 13.5. The number of pyridine rings is 1. The smallest absolute Gasteiger partial charge is 0.355 e. The highest BCUT2D eigenvalue weighted by Gasteiger charge is 2.27. The Morgan fingerprint density at radius 2 is 1.86 bits per heavy atom. The molecule has 0 fully saturated rings. The molecule has 0 radical (unpaired) electrons. The third kappa shape index (κ3) is 7.42. The predicted molar refractivity (Wildman–Crippen MR) is 197 cm³/mol. The number of rotatable bonds is 10. The number of nitrogens with one attached hydrogen (secondary N) is 1. The number of fused-ring (bicyclic) bond motifs is 3. The van der Waals surface area contributed by atoms with E-state index >= 15 is 0 Å². The summed E-state index contributed by atoms with van der Waals surface area (Å²) in [6.45, 7) is 8.20. The number of carbonyl (C=O) groups excluding carboxylic acids is 1. The Morgan fingerprint density at radius 1 is 1.00 bits per heavy atom. The van der Waals surface area contributed by atoms with Crippen molar-refractivity contribution in [1.82, 2.24) is 15.0 Å². The summed E-state index contributed by atoms with van der Waals surface area (Å²) in [6, 6.07) is 21.7. The van der Waals surface area contributed by atoms with Crippen LogP contribution in [0.4, 0.5) is 10.3 Å². The van der Waals surface area contributed by atoms with E-state index in [0.29, 0.717) is 48.4 Å². The zero-order valence-corrected chi connectivity index (χ0v) is 29.3. The van der Waals surface area contributed by atoms with Gasteiger partial charge in [-0.25, -0.2) is 14.8 Å². The topological polar surface area (TPSA) is 118 Å². The van der Waals surface area contributed by atoms with E-state index in [4.69, 9.17) is 4.74 Å². The molecule has 11 heteroatoms. The normalized spacial score (nSPS) is 13.1. The number of amides is 1. The Morgan fingerprint density at radius 3 is 2.67 bits per heavy atom. The molecule has 0 saturated carbocycles. The Bertz CT molecular complexity index is 2150. The number of aromatic carboxylic acids is 1. The molecule has 0 saturated heterocycles. The SMILES string of the molecule is CC(C)(C)Cc1cc2cc(OCCCc3sc(N4CCc5cccc(C(=O)Nc6nc7ccccc7s6)c5C4)nc3C(=O)O)ccc2cn1. The Balaban J connectivity index is 1.01. The summed E-state index contributed by atoms with van der Waals surface area (Å²) in [5.74, 6) is -0.475. The molecular weight excluding hydrogens is 655 g/mol. The Hall–Kier alpha value is -4.87. The lowest BCUT2D eigenvalue weighted by Crippen LogP contribution is -2.32. The molecule has 6 aromatic rings. The number of ether oxygens (including phenoxy) is 1. The summed E-state index contributed by atoms with van der Waals surface area (Å²) in [7, 11) is 0. The van der Waals surface area contributed by atoms with Gasteiger partial charge in [0.15, 0.2) is 16.0 Å². The third-order valence-corrected chi connectivity index (χ3v) is 10.6. The van der Waals surface area contributed by atoms with E-state index in [9.17, 15) is 14.7 Å². The number of aryl methyl sites for hydroxylation is 1. The van der Waals surface area contributed by atoms with Crippen LogP contribution in [0.25, 0.3) is 21.0 Å². The van der Waals surface area contributed by atoms with Crippen LogP contribution in [0.1, 0.15) is 69.7 Å². The first-order valence-corrected chi connectivity index (χ1v) is 18.0. The van der Waals surface area contributed by atoms with Gasteiger partial charge in [0.1, 0.15) is 5.75 Å². The predicted octanol–water partition coefficient (Wildman–Crippen LogP) is 8.41. The molecule has 9 nitrogen and oxygen atoms in total. The summed E-state index contributed by atoms with van der Waals surface area (Å²) >= 11 is 2.85. The summed E-state index contributed by atoms with van der Waals surface area (Å²) in [5, 5.41) is 16.3. The fraction of sp³-hybridized carbons (Fsp3) is 0.289. The van der Waals surface area contributed by atoms with Crippen LogP contribution >= 0.6 is 22.7 Å². The molecule has 1 amide bonds. The van der Waals surface area contributed by atoms with Crippen LogP contribution in [-0.4, -0.2) is 45.1 Å². The van der Waals surface area contributed by atoms with E-state index in [1.165, 1.54) is 22.7 Å². The largest absolute Gasteiger partial charge is 0.494 e. The number of nitrogens with zero attached hydrogens (tertiary/aromatic N) is 4. The highest BCUT2D eigenvalue weighted by atomic mass is 32.1. The summed E-state index contributed by atoms with van der Waals surface area (Å²) in [4.78, 5) is 42.2. The quantitative estimate of drug-likeness (QED) is 0.138. The van der Waals surface area contributed by atoms with Crippen LogP contribution < -0.4 is 15.0 Å². The number of hydrogen-bond donors (Lipinski definition) is 2. The van der Waals surface area contributed by atoms with E-state index < -0.39 is 5.97 Å². The molecule has 0 unspecified atom stereocenters. The van der Waals surface area contributed by atoms with Crippen LogP contribution in [0, 0.1) is 5.41 Å². The van der Waals surface area contributed by atoms with E-state index in [-0.39, 0.29) is 17.0 Å². The summed E-state index contributed by atoms with van der Waals surface area (Å²) < 4.78 is 7.11. The highest BCUT2D eigenvalue weighted by molar-refractivity contribution is 7.22. The van der Waals surface area contributed by atoms with Gasteiger partial charge in [-0.05, 0) is 90.1 Å². The number of carbonyl (C=O) groups is 2. The van der Waals surface area contributed by atoms with Gasteiger partial charge in [0.2, 0.25) is 0 Å². The minimum absolute atomic E-state index is 0.0808. The second-order valence-electron chi connectivity index (χ2n) is 13.5. The molecule has 49 heavy (non-hydrogen) atoms. The van der Waals surface area contributed by atoms with Crippen LogP contribution in [0.2, 0.25) is 0 Å². The summed E-state index contributed by atoms with van der Waals surface area (Å²) in [6.07, 6.45) is 4.71. The van der Waals surface area contributed by atoms with Crippen LogP contribution in [0.15, 0.2) is 72.9 Å². The Kier molecular flexibility index (Phi) is 9.04. The van der Waals surface area contributed by atoms with Crippen molar-refractivity contribution in [1.29, 1.82) is 0 Å². The average Bonchev–Trinajstić information content (AvgIpc) is 3.69. The molecule has 3 aromatic heterocycles. The lowest BCUT2D eigenvalue weighted by Gasteiger charge is -2.29. The lowest BCUT2D eigenvalue weighted by molar-refractivity contribution is 0.0690. The number of para-hydroxylation sites is 1. The summed E-state index contributed by atoms with van der Waals surface area (Å²) in [5.41, 5.74) is 4.75. The van der Waals surface area contributed by atoms with Gasteiger partial charge in [0.25, 0.3) is 5.91 Å². The maximum atomic E-state index is 13.5. The number of anilines is 2. The molecule has 7 rings (SSSR count). The number of benzene rings is 3. The van der Waals surface area contributed by atoms with E-state index in [1.807, 2.05) is 66.9 Å². The van der Waals surface area contributed by atoms with E-state index in [1.54, 1.807) is 0 Å². The van der Waals surface area contributed by atoms with E-state index in [0.717, 1.165) is 61.3 Å². The number of aromatic nitrogens is 3. The van der Waals surface area contributed by atoms with Gasteiger partial charge in [-0.3, -0.25) is 15.1 Å². The van der Waals surface area contributed by atoms with Crippen molar-refractivity contribution in [3.63, 3.8) is 0 Å². The molecule has 1 aliphatic rings. The lowest BCUT2D eigenvalue weighted by atomic mass is 9.90. The molecular formula is C38H37N5O4S2. The third-order valence-electron chi connectivity index (χ3n) is 8.47. The van der Waals surface area contributed by atoms with Gasteiger partial charge < -0.3 is 14.7 Å². The fourth-order valence-electron chi connectivity index (χ4n) is 6.18. The van der Waals surface area contributed by atoms with Crippen molar-refractivity contribution >= 4 is 65.8 Å². The molecule has 0 aliphatic carbocycles.